The fourth-order valence-corrected chi connectivity index (χ4v) is 4.59. The molecular weight excluding hydrogens is 432 g/mol. The minimum Gasteiger partial charge on any atom is -0.493 e. The van der Waals surface area contributed by atoms with Gasteiger partial charge in [0.15, 0.2) is 16.6 Å². The number of nitrogens with one attached hydrogen (secondary N) is 1. The second-order valence-corrected chi connectivity index (χ2v) is 8.83. The molecule has 0 spiro atoms. The molecule has 7 nitrogen and oxygen atoms in total. The summed E-state index contributed by atoms with van der Waals surface area (Å²) in [5, 5.41) is 11.6. The van der Waals surface area contributed by atoms with E-state index in [9.17, 15) is 4.79 Å². The van der Waals surface area contributed by atoms with Crippen LogP contribution in [0.3, 0.4) is 0 Å². The number of carbonyl (C=O) groups is 1. The number of thiazole rings is 1. The Labute approximate surface area is 188 Å². The lowest BCUT2D eigenvalue weighted by Gasteiger charge is -2.10. The fourth-order valence-electron chi connectivity index (χ4n) is 3.09. The Morgan fingerprint density at radius 1 is 1.16 bits per heavy atom. The molecule has 0 aliphatic rings. The molecule has 1 aromatic carbocycles. The molecule has 4 aromatic rings. The SMILES string of the molecule is COc1cc(C)ccc1OCc1csc(C(=O)Nc2nc(-c3cn(C)nc3C)cs2)c1. The molecule has 0 radical (unpaired) electrons. The van der Waals surface area contributed by atoms with Gasteiger partial charge in [-0.2, -0.15) is 5.10 Å². The van der Waals surface area contributed by atoms with Crippen LogP contribution in [0.4, 0.5) is 5.13 Å². The van der Waals surface area contributed by atoms with Crippen molar-refractivity contribution >= 4 is 33.7 Å². The molecule has 3 aromatic heterocycles. The number of benzene rings is 1. The van der Waals surface area contributed by atoms with E-state index < -0.39 is 0 Å². The summed E-state index contributed by atoms with van der Waals surface area (Å²) in [6, 6.07) is 7.62. The molecule has 0 aliphatic carbocycles. The third-order valence-corrected chi connectivity index (χ3v) is 6.34. The van der Waals surface area contributed by atoms with Crippen molar-refractivity contribution in [2.24, 2.45) is 7.05 Å². The highest BCUT2D eigenvalue weighted by Gasteiger charge is 2.15. The Balaban J connectivity index is 1.39. The van der Waals surface area contributed by atoms with E-state index in [1.54, 1.807) is 11.8 Å². The van der Waals surface area contributed by atoms with Gasteiger partial charge in [-0.05, 0) is 43.0 Å². The lowest BCUT2D eigenvalue weighted by atomic mass is 10.2. The molecule has 160 valence electrons. The van der Waals surface area contributed by atoms with Crippen molar-refractivity contribution in [1.29, 1.82) is 0 Å². The number of anilines is 1. The standard InChI is InChI=1S/C22H22N4O3S2/c1-13-5-6-18(19(7-13)28-4)29-10-15-8-20(30-11-15)21(27)24-22-23-17(12-31-22)16-9-26(3)25-14(16)2/h5-9,11-12H,10H2,1-4H3,(H,23,24,27). The van der Waals surface area contributed by atoms with Crippen LogP contribution in [0.2, 0.25) is 0 Å². The van der Waals surface area contributed by atoms with Crippen LogP contribution in [0.1, 0.15) is 26.5 Å². The van der Waals surface area contributed by atoms with Gasteiger partial charge in [0.2, 0.25) is 0 Å². The molecule has 1 amide bonds. The van der Waals surface area contributed by atoms with Gasteiger partial charge in [-0.1, -0.05) is 6.07 Å². The quantitative estimate of drug-likeness (QED) is 0.422. The van der Waals surface area contributed by atoms with Crippen molar-refractivity contribution in [2.45, 2.75) is 20.5 Å². The minimum atomic E-state index is -0.187. The molecule has 0 aliphatic heterocycles. The van der Waals surface area contributed by atoms with Gasteiger partial charge in [0.05, 0.1) is 23.4 Å². The van der Waals surface area contributed by atoms with Crippen molar-refractivity contribution in [1.82, 2.24) is 14.8 Å². The van der Waals surface area contributed by atoms with E-state index in [0.717, 1.165) is 28.1 Å². The summed E-state index contributed by atoms with van der Waals surface area (Å²) < 4.78 is 13.0. The molecule has 0 atom stereocenters. The van der Waals surface area contributed by atoms with Gasteiger partial charge in [-0.15, -0.1) is 22.7 Å². The molecule has 1 N–H and O–H groups in total. The predicted octanol–water partition coefficient (Wildman–Crippen LogP) is 5.06. The van der Waals surface area contributed by atoms with Crippen LogP contribution in [-0.4, -0.2) is 27.8 Å². The summed E-state index contributed by atoms with van der Waals surface area (Å²) in [6.45, 7) is 4.29. The van der Waals surface area contributed by atoms with Crippen LogP contribution < -0.4 is 14.8 Å². The topological polar surface area (TPSA) is 78.3 Å². The average molecular weight is 455 g/mol. The number of hydrogen-bond donors (Lipinski definition) is 1. The monoisotopic (exact) mass is 454 g/mol. The van der Waals surface area contributed by atoms with Gasteiger partial charge in [-0.25, -0.2) is 4.98 Å². The molecule has 0 bridgehead atoms. The number of carbonyl (C=O) groups excluding carboxylic acids is 1. The number of hydrogen-bond acceptors (Lipinski definition) is 7. The predicted molar refractivity (Wildman–Crippen MR) is 123 cm³/mol. The highest BCUT2D eigenvalue weighted by Crippen LogP contribution is 2.30. The Hall–Kier alpha value is -3.17. The summed E-state index contributed by atoms with van der Waals surface area (Å²) in [7, 11) is 3.49. The molecule has 0 fully saturated rings. The van der Waals surface area contributed by atoms with Crippen molar-refractivity contribution in [3.63, 3.8) is 0 Å². The van der Waals surface area contributed by atoms with Crippen molar-refractivity contribution in [3.05, 3.63) is 62.9 Å². The number of aryl methyl sites for hydroxylation is 3. The second-order valence-electron chi connectivity index (χ2n) is 7.06. The van der Waals surface area contributed by atoms with Gasteiger partial charge in [0.1, 0.15) is 6.61 Å². The number of methoxy groups -OCH3 is 1. The van der Waals surface area contributed by atoms with Crippen molar-refractivity contribution < 1.29 is 14.3 Å². The average Bonchev–Trinajstić information content (AvgIpc) is 3.47. The van der Waals surface area contributed by atoms with Crippen LogP contribution in [0, 0.1) is 13.8 Å². The third-order valence-electron chi connectivity index (χ3n) is 4.61. The largest absolute Gasteiger partial charge is 0.493 e. The van der Waals surface area contributed by atoms with Gasteiger partial charge in [-0.3, -0.25) is 14.8 Å². The second kappa shape index (κ2) is 8.91. The number of ether oxygens (including phenoxy) is 2. The highest BCUT2D eigenvalue weighted by molar-refractivity contribution is 7.14. The smallest absolute Gasteiger partial charge is 0.267 e. The van der Waals surface area contributed by atoms with E-state index in [1.165, 1.54) is 22.7 Å². The Kier molecular flexibility index (Phi) is 6.06. The van der Waals surface area contributed by atoms with Crippen LogP contribution in [-0.2, 0) is 13.7 Å². The van der Waals surface area contributed by atoms with Crippen molar-refractivity contribution in [2.75, 3.05) is 12.4 Å². The van der Waals surface area contributed by atoms with Gasteiger partial charge in [0, 0.05) is 29.8 Å². The van der Waals surface area contributed by atoms with E-state index >= 15 is 0 Å². The van der Waals surface area contributed by atoms with Gasteiger partial charge in [0.25, 0.3) is 5.91 Å². The van der Waals surface area contributed by atoms with E-state index in [0.29, 0.717) is 28.1 Å². The number of nitrogens with zero attached hydrogens (tertiary/aromatic N) is 3. The number of amides is 1. The number of thiophene rings is 1. The molecule has 9 heteroatoms. The fraction of sp³-hybridized carbons (Fsp3) is 0.227. The maximum atomic E-state index is 12.6. The minimum absolute atomic E-state index is 0.187. The van der Waals surface area contributed by atoms with Gasteiger partial charge >= 0.3 is 0 Å². The lowest BCUT2D eigenvalue weighted by Crippen LogP contribution is -2.09. The first kappa shape index (κ1) is 21.1. The molecular formula is C22H22N4O3S2. The van der Waals surface area contributed by atoms with E-state index in [-0.39, 0.29) is 5.91 Å². The number of rotatable bonds is 7. The summed E-state index contributed by atoms with van der Waals surface area (Å²) in [6.07, 6.45) is 1.92. The van der Waals surface area contributed by atoms with Crippen molar-refractivity contribution in [3.8, 4) is 22.8 Å². The zero-order valence-electron chi connectivity index (χ0n) is 17.6. The summed E-state index contributed by atoms with van der Waals surface area (Å²) in [4.78, 5) is 17.8. The lowest BCUT2D eigenvalue weighted by molar-refractivity contribution is 0.103. The zero-order chi connectivity index (χ0) is 22.0. The van der Waals surface area contributed by atoms with E-state index in [2.05, 4.69) is 15.4 Å². The molecule has 4 rings (SSSR count). The zero-order valence-corrected chi connectivity index (χ0v) is 19.3. The number of aromatic nitrogens is 3. The van der Waals surface area contributed by atoms with E-state index in [1.807, 2.05) is 62.1 Å². The Bertz CT molecular complexity index is 1230. The van der Waals surface area contributed by atoms with Crippen LogP contribution in [0.15, 0.2) is 41.2 Å². The molecule has 31 heavy (non-hydrogen) atoms. The normalized spacial score (nSPS) is 10.8. The molecule has 0 saturated carbocycles. The highest BCUT2D eigenvalue weighted by atomic mass is 32.1. The molecule has 0 saturated heterocycles. The summed E-state index contributed by atoms with van der Waals surface area (Å²) >= 11 is 2.76. The molecule has 0 unspecified atom stereocenters. The Morgan fingerprint density at radius 3 is 2.74 bits per heavy atom. The summed E-state index contributed by atoms with van der Waals surface area (Å²) in [5.41, 5.74) is 4.68. The van der Waals surface area contributed by atoms with E-state index in [4.69, 9.17) is 9.47 Å². The first-order chi connectivity index (χ1) is 14.9. The summed E-state index contributed by atoms with van der Waals surface area (Å²) in [5.74, 6) is 1.18. The third kappa shape index (κ3) is 4.78. The maximum Gasteiger partial charge on any atom is 0.267 e. The maximum absolute atomic E-state index is 12.6. The van der Waals surface area contributed by atoms with Crippen LogP contribution in [0.5, 0.6) is 11.5 Å². The van der Waals surface area contributed by atoms with Crippen LogP contribution in [0.25, 0.3) is 11.3 Å². The Morgan fingerprint density at radius 2 is 2.00 bits per heavy atom. The molecule has 3 heterocycles. The first-order valence-corrected chi connectivity index (χ1v) is 11.3. The first-order valence-electron chi connectivity index (χ1n) is 9.55. The van der Waals surface area contributed by atoms with Gasteiger partial charge < -0.3 is 9.47 Å². The van der Waals surface area contributed by atoms with Crippen LogP contribution >= 0.6 is 22.7 Å².